The Balaban J connectivity index is 2.01. The van der Waals surface area contributed by atoms with Crippen LogP contribution in [0.15, 0.2) is 24.3 Å². The molecular weight excluding hydrogens is 228 g/mol. The number of rotatable bonds is 4. The number of aliphatic hydroxyl groups excluding tert-OH is 1. The fourth-order valence-corrected chi connectivity index (χ4v) is 2.37. The lowest BCUT2D eigenvalue weighted by Gasteiger charge is -2.35. The summed E-state index contributed by atoms with van der Waals surface area (Å²) in [7, 11) is 1.65. The van der Waals surface area contributed by atoms with Gasteiger partial charge in [0.05, 0.1) is 13.2 Å². The zero-order valence-electron chi connectivity index (χ0n) is 11.1. The first kappa shape index (κ1) is 13.3. The van der Waals surface area contributed by atoms with Crippen molar-refractivity contribution < 1.29 is 9.84 Å². The van der Waals surface area contributed by atoms with Gasteiger partial charge in [-0.3, -0.25) is 4.90 Å². The van der Waals surface area contributed by atoms with Gasteiger partial charge in [0, 0.05) is 32.2 Å². The summed E-state index contributed by atoms with van der Waals surface area (Å²) in [6.45, 7) is 6.07. The van der Waals surface area contributed by atoms with Crippen LogP contribution < -0.4 is 10.1 Å². The molecule has 0 amide bonds. The van der Waals surface area contributed by atoms with Crippen LogP contribution in [0.1, 0.15) is 18.6 Å². The molecule has 1 fully saturated rings. The second-order valence-electron chi connectivity index (χ2n) is 4.74. The summed E-state index contributed by atoms with van der Waals surface area (Å²) in [4.78, 5) is 2.32. The minimum Gasteiger partial charge on any atom is -0.497 e. The van der Waals surface area contributed by atoms with E-state index in [0.717, 1.165) is 37.5 Å². The Morgan fingerprint density at radius 3 is 2.39 bits per heavy atom. The summed E-state index contributed by atoms with van der Waals surface area (Å²) >= 11 is 0. The van der Waals surface area contributed by atoms with Crippen molar-refractivity contribution in [2.24, 2.45) is 0 Å². The summed E-state index contributed by atoms with van der Waals surface area (Å²) in [6, 6.07) is 7.79. The highest BCUT2D eigenvalue weighted by Crippen LogP contribution is 2.23. The highest BCUT2D eigenvalue weighted by atomic mass is 16.5. The quantitative estimate of drug-likeness (QED) is 0.837. The van der Waals surface area contributed by atoms with Crippen LogP contribution in [-0.4, -0.2) is 49.3 Å². The summed E-state index contributed by atoms with van der Waals surface area (Å²) in [6.07, 6.45) is -0.450. The van der Waals surface area contributed by atoms with E-state index in [1.165, 1.54) is 0 Å². The lowest BCUT2D eigenvalue weighted by Crippen LogP contribution is -2.49. The topological polar surface area (TPSA) is 44.7 Å². The number of benzene rings is 1. The van der Waals surface area contributed by atoms with E-state index in [1.54, 1.807) is 7.11 Å². The standard InChI is InChI=1S/C14H22N2O2/c1-11(16-9-7-15-8-10-16)14(17)12-3-5-13(18-2)6-4-12/h3-6,11,14-15,17H,7-10H2,1-2H3. The van der Waals surface area contributed by atoms with Crippen LogP contribution in [0.5, 0.6) is 5.75 Å². The van der Waals surface area contributed by atoms with Crippen molar-refractivity contribution in [1.82, 2.24) is 10.2 Å². The van der Waals surface area contributed by atoms with Gasteiger partial charge in [0.2, 0.25) is 0 Å². The van der Waals surface area contributed by atoms with Gasteiger partial charge in [-0.25, -0.2) is 0 Å². The van der Waals surface area contributed by atoms with E-state index in [9.17, 15) is 5.11 Å². The van der Waals surface area contributed by atoms with E-state index < -0.39 is 6.10 Å². The number of hydrogen-bond acceptors (Lipinski definition) is 4. The SMILES string of the molecule is COc1ccc(C(O)C(C)N2CCNCC2)cc1. The molecule has 2 atom stereocenters. The maximum absolute atomic E-state index is 10.4. The van der Waals surface area contributed by atoms with E-state index >= 15 is 0 Å². The lowest BCUT2D eigenvalue weighted by molar-refractivity contribution is 0.0510. The predicted molar refractivity (Wildman–Crippen MR) is 71.9 cm³/mol. The van der Waals surface area contributed by atoms with Crippen molar-refractivity contribution in [3.05, 3.63) is 29.8 Å². The Morgan fingerprint density at radius 2 is 1.83 bits per heavy atom. The average molecular weight is 250 g/mol. The maximum Gasteiger partial charge on any atom is 0.118 e. The van der Waals surface area contributed by atoms with Gasteiger partial charge in [-0.1, -0.05) is 12.1 Å². The molecule has 0 aromatic heterocycles. The number of hydrogen-bond donors (Lipinski definition) is 2. The van der Waals surface area contributed by atoms with Crippen LogP contribution in [0.25, 0.3) is 0 Å². The van der Waals surface area contributed by atoms with Crippen molar-refractivity contribution in [3.63, 3.8) is 0 Å². The number of nitrogens with zero attached hydrogens (tertiary/aromatic N) is 1. The number of methoxy groups -OCH3 is 1. The molecule has 1 saturated heterocycles. The fourth-order valence-electron chi connectivity index (χ4n) is 2.37. The van der Waals surface area contributed by atoms with Crippen molar-refractivity contribution in [1.29, 1.82) is 0 Å². The monoisotopic (exact) mass is 250 g/mol. The fraction of sp³-hybridized carbons (Fsp3) is 0.571. The molecule has 2 rings (SSSR count). The predicted octanol–water partition coefficient (Wildman–Crippen LogP) is 1.02. The molecule has 0 spiro atoms. The molecule has 0 bridgehead atoms. The highest BCUT2D eigenvalue weighted by molar-refractivity contribution is 5.29. The average Bonchev–Trinajstić information content (AvgIpc) is 2.47. The highest BCUT2D eigenvalue weighted by Gasteiger charge is 2.24. The zero-order valence-corrected chi connectivity index (χ0v) is 11.1. The first-order valence-corrected chi connectivity index (χ1v) is 6.49. The zero-order chi connectivity index (χ0) is 13.0. The van der Waals surface area contributed by atoms with Gasteiger partial charge in [0.1, 0.15) is 5.75 Å². The van der Waals surface area contributed by atoms with Crippen LogP contribution in [0.4, 0.5) is 0 Å². The Morgan fingerprint density at radius 1 is 1.22 bits per heavy atom. The number of ether oxygens (including phenoxy) is 1. The largest absolute Gasteiger partial charge is 0.497 e. The molecular formula is C14H22N2O2. The molecule has 1 heterocycles. The summed E-state index contributed by atoms with van der Waals surface area (Å²) < 4.78 is 5.13. The van der Waals surface area contributed by atoms with Crippen LogP contribution in [0.3, 0.4) is 0 Å². The van der Waals surface area contributed by atoms with Gasteiger partial charge in [-0.15, -0.1) is 0 Å². The molecule has 0 radical (unpaired) electrons. The van der Waals surface area contributed by atoms with Crippen molar-refractivity contribution >= 4 is 0 Å². The third kappa shape index (κ3) is 3.02. The van der Waals surface area contributed by atoms with E-state index in [-0.39, 0.29) is 6.04 Å². The minimum atomic E-state index is -0.450. The molecule has 4 heteroatoms. The summed E-state index contributed by atoms with van der Waals surface area (Å²) in [5.41, 5.74) is 0.946. The minimum absolute atomic E-state index is 0.139. The van der Waals surface area contributed by atoms with E-state index in [2.05, 4.69) is 17.1 Å². The van der Waals surface area contributed by atoms with E-state index in [0.29, 0.717) is 0 Å². The first-order chi connectivity index (χ1) is 8.72. The van der Waals surface area contributed by atoms with Gasteiger partial charge in [0.15, 0.2) is 0 Å². The number of aliphatic hydroxyl groups is 1. The maximum atomic E-state index is 10.4. The van der Waals surface area contributed by atoms with Gasteiger partial charge in [-0.2, -0.15) is 0 Å². The molecule has 1 aromatic rings. The van der Waals surface area contributed by atoms with E-state index in [4.69, 9.17) is 4.74 Å². The van der Waals surface area contributed by atoms with Crippen molar-refractivity contribution in [2.75, 3.05) is 33.3 Å². The number of nitrogens with one attached hydrogen (secondary N) is 1. The first-order valence-electron chi connectivity index (χ1n) is 6.49. The van der Waals surface area contributed by atoms with Gasteiger partial charge in [-0.05, 0) is 24.6 Å². The van der Waals surface area contributed by atoms with Crippen molar-refractivity contribution in [2.45, 2.75) is 19.1 Å². The Labute approximate surface area is 109 Å². The molecule has 1 aliphatic heterocycles. The second kappa shape index (κ2) is 6.18. The van der Waals surface area contributed by atoms with E-state index in [1.807, 2.05) is 24.3 Å². The summed E-state index contributed by atoms with van der Waals surface area (Å²) in [5, 5.41) is 13.7. The van der Waals surface area contributed by atoms with Crippen LogP contribution >= 0.6 is 0 Å². The molecule has 1 aromatic carbocycles. The molecule has 2 N–H and O–H groups in total. The van der Waals surface area contributed by atoms with Crippen LogP contribution in [0, 0.1) is 0 Å². The third-order valence-corrected chi connectivity index (χ3v) is 3.64. The van der Waals surface area contributed by atoms with Gasteiger partial charge in [0.25, 0.3) is 0 Å². The van der Waals surface area contributed by atoms with Gasteiger partial charge < -0.3 is 15.2 Å². The molecule has 100 valence electrons. The van der Waals surface area contributed by atoms with Gasteiger partial charge >= 0.3 is 0 Å². The number of piperazine rings is 1. The van der Waals surface area contributed by atoms with Crippen molar-refractivity contribution in [3.8, 4) is 5.75 Å². The molecule has 0 saturated carbocycles. The van der Waals surface area contributed by atoms with Crippen LogP contribution in [0.2, 0.25) is 0 Å². The summed E-state index contributed by atoms with van der Waals surface area (Å²) in [5.74, 6) is 0.820. The molecule has 0 aliphatic carbocycles. The van der Waals surface area contributed by atoms with Crippen LogP contribution in [-0.2, 0) is 0 Å². The third-order valence-electron chi connectivity index (χ3n) is 3.64. The molecule has 18 heavy (non-hydrogen) atoms. The lowest BCUT2D eigenvalue weighted by atomic mass is 10.0. The smallest absolute Gasteiger partial charge is 0.118 e. The molecule has 1 aliphatic rings. The molecule has 4 nitrogen and oxygen atoms in total. The molecule has 2 unspecified atom stereocenters. The second-order valence-corrected chi connectivity index (χ2v) is 4.74. The Kier molecular flexibility index (Phi) is 4.58. The normalized spacial score (nSPS) is 20.4. The Bertz CT molecular complexity index is 361. The Hall–Kier alpha value is -1.10.